The third-order valence-corrected chi connectivity index (χ3v) is 3.41. The molecule has 2 rings (SSSR count). The van der Waals surface area contributed by atoms with E-state index in [1.54, 1.807) is 0 Å². The van der Waals surface area contributed by atoms with Gasteiger partial charge in [-0.05, 0) is 25.2 Å². The Morgan fingerprint density at radius 3 is 2.81 bits per heavy atom. The topological polar surface area (TPSA) is 78.4 Å². The van der Waals surface area contributed by atoms with Crippen molar-refractivity contribution >= 4 is 11.8 Å². The monoisotopic (exact) mass is 226 g/mol. The van der Waals surface area contributed by atoms with Crippen LogP contribution in [-0.2, 0) is 9.59 Å². The first-order valence-corrected chi connectivity index (χ1v) is 5.87. The molecule has 0 aromatic rings. The summed E-state index contributed by atoms with van der Waals surface area (Å²) in [5.74, 6) is 0.410. The van der Waals surface area contributed by atoms with E-state index in [0.717, 1.165) is 12.8 Å². The maximum atomic E-state index is 11.7. The van der Waals surface area contributed by atoms with Crippen molar-refractivity contribution in [1.29, 1.82) is 0 Å². The zero-order chi connectivity index (χ0) is 11.5. The van der Waals surface area contributed by atoms with Crippen LogP contribution in [0.15, 0.2) is 0 Å². The maximum Gasteiger partial charge on any atom is 0.224 e. The summed E-state index contributed by atoms with van der Waals surface area (Å²) in [6, 6.07) is 0. The molecule has 3 N–H and O–H groups in total. The number of nitrogens with one attached hydrogen (secondary N) is 2. The second-order valence-corrected chi connectivity index (χ2v) is 4.78. The second kappa shape index (κ2) is 4.82. The molecule has 0 aromatic carbocycles. The predicted molar refractivity (Wildman–Crippen MR) is 57.5 cm³/mol. The first-order chi connectivity index (χ1) is 7.65. The fraction of sp³-hybridized carbons (Fsp3) is 0.818. The lowest BCUT2D eigenvalue weighted by molar-refractivity contribution is -0.129. The average molecular weight is 226 g/mol. The van der Waals surface area contributed by atoms with Crippen molar-refractivity contribution in [2.45, 2.75) is 31.8 Å². The molecule has 1 heterocycles. The standard InChI is InChI=1S/C11H18N2O3/c14-9-3-7(4-9)5-13-11(16)8-1-2-10(15)12-6-8/h7-9,14H,1-6H2,(H,12,15)(H,13,16). The summed E-state index contributed by atoms with van der Waals surface area (Å²) in [7, 11) is 0. The Labute approximate surface area is 94.6 Å². The Hall–Kier alpha value is -1.10. The van der Waals surface area contributed by atoms with Crippen LogP contribution in [0, 0.1) is 11.8 Å². The van der Waals surface area contributed by atoms with Crippen LogP contribution in [0.3, 0.4) is 0 Å². The predicted octanol–water partition coefficient (Wildman–Crippen LogP) is -0.600. The molecule has 1 atom stereocenters. The molecule has 90 valence electrons. The van der Waals surface area contributed by atoms with Crippen LogP contribution in [0.1, 0.15) is 25.7 Å². The Balaban J connectivity index is 1.65. The summed E-state index contributed by atoms with van der Waals surface area (Å²) in [5, 5.41) is 14.7. The third kappa shape index (κ3) is 2.72. The van der Waals surface area contributed by atoms with Crippen molar-refractivity contribution in [2.75, 3.05) is 13.1 Å². The van der Waals surface area contributed by atoms with Gasteiger partial charge in [-0.1, -0.05) is 0 Å². The molecular formula is C11H18N2O3. The molecule has 0 bridgehead atoms. The van der Waals surface area contributed by atoms with E-state index in [9.17, 15) is 9.59 Å². The summed E-state index contributed by atoms with van der Waals surface area (Å²) in [4.78, 5) is 22.6. The summed E-state index contributed by atoms with van der Waals surface area (Å²) in [5.41, 5.74) is 0. The van der Waals surface area contributed by atoms with Crippen molar-refractivity contribution in [2.24, 2.45) is 11.8 Å². The van der Waals surface area contributed by atoms with Gasteiger partial charge in [-0.15, -0.1) is 0 Å². The van der Waals surface area contributed by atoms with Gasteiger partial charge in [-0.25, -0.2) is 0 Å². The van der Waals surface area contributed by atoms with Crippen LogP contribution in [-0.4, -0.2) is 36.1 Å². The largest absolute Gasteiger partial charge is 0.393 e. The molecule has 16 heavy (non-hydrogen) atoms. The minimum absolute atomic E-state index is 0.0291. The van der Waals surface area contributed by atoms with Gasteiger partial charge in [0.05, 0.1) is 12.0 Å². The van der Waals surface area contributed by atoms with E-state index in [1.165, 1.54) is 0 Å². The van der Waals surface area contributed by atoms with Gasteiger partial charge >= 0.3 is 0 Å². The van der Waals surface area contributed by atoms with Gasteiger partial charge in [0.2, 0.25) is 11.8 Å². The number of hydrogen-bond donors (Lipinski definition) is 3. The van der Waals surface area contributed by atoms with Gasteiger partial charge in [0, 0.05) is 19.5 Å². The molecule has 0 radical (unpaired) electrons. The number of carbonyl (C=O) groups is 2. The van der Waals surface area contributed by atoms with Gasteiger partial charge in [0.1, 0.15) is 0 Å². The summed E-state index contributed by atoms with van der Waals surface area (Å²) in [6.45, 7) is 1.11. The molecule has 5 nitrogen and oxygen atoms in total. The average Bonchev–Trinajstić information content (AvgIpc) is 2.23. The highest BCUT2D eigenvalue weighted by Crippen LogP contribution is 2.26. The molecule has 0 spiro atoms. The lowest BCUT2D eigenvalue weighted by atomic mass is 9.82. The molecule has 2 aliphatic rings. The van der Waals surface area contributed by atoms with Crippen LogP contribution >= 0.6 is 0 Å². The van der Waals surface area contributed by atoms with E-state index < -0.39 is 0 Å². The van der Waals surface area contributed by atoms with Crippen LogP contribution in [0.5, 0.6) is 0 Å². The van der Waals surface area contributed by atoms with E-state index in [1.807, 2.05) is 0 Å². The molecule has 1 aliphatic heterocycles. The molecule has 1 saturated carbocycles. The number of rotatable bonds is 3. The molecule has 5 heteroatoms. The number of aliphatic hydroxyl groups excluding tert-OH is 1. The Kier molecular flexibility index (Phi) is 3.43. The van der Waals surface area contributed by atoms with E-state index in [0.29, 0.717) is 31.8 Å². The molecular weight excluding hydrogens is 208 g/mol. The van der Waals surface area contributed by atoms with Crippen LogP contribution in [0.25, 0.3) is 0 Å². The fourth-order valence-corrected chi connectivity index (χ4v) is 2.21. The summed E-state index contributed by atoms with van der Waals surface area (Å²) >= 11 is 0. The Morgan fingerprint density at radius 1 is 1.50 bits per heavy atom. The third-order valence-electron chi connectivity index (χ3n) is 3.41. The van der Waals surface area contributed by atoms with Crippen molar-refractivity contribution in [3.8, 4) is 0 Å². The normalized spacial score (nSPS) is 33.8. The Bertz CT molecular complexity index is 277. The van der Waals surface area contributed by atoms with E-state index >= 15 is 0 Å². The molecule has 2 amide bonds. The number of amides is 2. The summed E-state index contributed by atoms with van der Waals surface area (Å²) in [6.07, 6.45) is 2.50. The molecule has 1 saturated heterocycles. The lowest BCUT2D eigenvalue weighted by Gasteiger charge is -2.32. The SMILES string of the molecule is O=C1CCC(C(=O)NCC2CC(O)C2)CN1. The quantitative estimate of drug-likeness (QED) is 0.601. The first kappa shape index (κ1) is 11.4. The number of carbonyl (C=O) groups excluding carboxylic acids is 2. The van der Waals surface area contributed by atoms with Crippen molar-refractivity contribution < 1.29 is 14.7 Å². The molecule has 1 unspecified atom stereocenters. The van der Waals surface area contributed by atoms with E-state index in [2.05, 4.69) is 10.6 Å². The minimum Gasteiger partial charge on any atom is -0.393 e. The second-order valence-electron chi connectivity index (χ2n) is 4.78. The highest BCUT2D eigenvalue weighted by Gasteiger charge is 2.29. The molecule has 1 aliphatic carbocycles. The fourth-order valence-electron chi connectivity index (χ4n) is 2.21. The number of aliphatic hydroxyl groups is 1. The van der Waals surface area contributed by atoms with Crippen molar-refractivity contribution in [1.82, 2.24) is 10.6 Å². The highest BCUT2D eigenvalue weighted by atomic mass is 16.3. The van der Waals surface area contributed by atoms with Gasteiger partial charge in [-0.3, -0.25) is 9.59 Å². The zero-order valence-electron chi connectivity index (χ0n) is 9.24. The van der Waals surface area contributed by atoms with E-state index in [4.69, 9.17) is 5.11 Å². The number of hydrogen-bond acceptors (Lipinski definition) is 3. The lowest BCUT2D eigenvalue weighted by Crippen LogP contribution is -2.45. The van der Waals surface area contributed by atoms with Gasteiger partial charge in [0.25, 0.3) is 0 Å². The van der Waals surface area contributed by atoms with Crippen LogP contribution < -0.4 is 10.6 Å². The minimum atomic E-state index is -0.170. The molecule has 2 fully saturated rings. The maximum absolute atomic E-state index is 11.7. The van der Waals surface area contributed by atoms with Crippen molar-refractivity contribution in [3.05, 3.63) is 0 Å². The van der Waals surface area contributed by atoms with Crippen LogP contribution in [0.4, 0.5) is 0 Å². The summed E-state index contributed by atoms with van der Waals surface area (Å²) < 4.78 is 0. The van der Waals surface area contributed by atoms with Crippen molar-refractivity contribution in [3.63, 3.8) is 0 Å². The highest BCUT2D eigenvalue weighted by molar-refractivity contribution is 5.83. The van der Waals surface area contributed by atoms with Crippen LogP contribution in [0.2, 0.25) is 0 Å². The Morgan fingerprint density at radius 2 is 2.25 bits per heavy atom. The molecule has 0 aromatic heterocycles. The smallest absolute Gasteiger partial charge is 0.224 e. The van der Waals surface area contributed by atoms with Gasteiger partial charge in [-0.2, -0.15) is 0 Å². The zero-order valence-corrected chi connectivity index (χ0v) is 9.24. The van der Waals surface area contributed by atoms with Gasteiger partial charge < -0.3 is 15.7 Å². The first-order valence-electron chi connectivity index (χ1n) is 5.87. The number of piperidine rings is 1. The van der Waals surface area contributed by atoms with E-state index in [-0.39, 0.29) is 23.8 Å². The van der Waals surface area contributed by atoms with Gasteiger partial charge in [0.15, 0.2) is 0 Å².